The van der Waals surface area contributed by atoms with E-state index in [0.29, 0.717) is 40.9 Å². The molecule has 128 valence electrons. The molecule has 2 rings (SSSR count). The minimum atomic E-state index is -0.166. The number of amides is 1. The van der Waals surface area contributed by atoms with Crippen LogP contribution < -0.4 is 14.8 Å². The average Bonchev–Trinajstić information content (AvgIpc) is 2.61. The number of aryl methyl sites for hydroxylation is 1. The Morgan fingerprint density at radius 1 is 1.25 bits per heavy atom. The van der Waals surface area contributed by atoms with Gasteiger partial charge in [0.15, 0.2) is 16.7 Å². The van der Waals surface area contributed by atoms with Crippen molar-refractivity contribution in [3.05, 3.63) is 41.2 Å². The number of rotatable bonds is 7. The van der Waals surface area contributed by atoms with Crippen molar-refractivity contribution in [2.75, 3.05) is 27.0 Å². The molecule has 24 heavy (non-hydrogen) atoms. The molecule has 1 N–H and O–H groups in total. The van der Waals surface area contributed by atoms with Gasteiger partial charge in [0.05, 0.1) is 25.5 Å². The van der Waals surface area contributed by atoms with E-state index in [4.69, 9.17) is 9.47 Å². The Labute approximate surface area is 146 Å². The van der Waals surface area contributed by atoms with Crippen molar-refractivity contribution in [1.29, 1.82) is 0 Å². The average molecular weight is 347 g/mol. The molecule has 6 nitrogen and oxygen atoms in total. The topological polar surface area (TPSA) is 73.3 Å². The summed E-state index contributed by atoms with van der Waals surface area (Å²) < 4.78 is 10.5. The quantitative estimate of drug-likeness (QED) is 0.613. The highest BCUT2D eigenvalue weighted by atomic mass is 32.2. The lowest BCUT2D eigenvalue weighted by Crippen LogP contribution is -2.27. The number of benzene rings is 1. The number of hydrogen-bond donors (Lipinski definition) is 1. The summed E-state index contributed by atoms with van der Waals surface area (Å²) >= 11 is 1.45. The van der Waals surface area contributed by atoms with Crippen LogP contribution in [-0.2, 0) is 6.42 Å². The lowest BCUT2D eigenvalue weighted by atomic mass is 10.1. The number of hydrogen-bond acceptors (Lipinski definition) is 6. The molecule has 1 amide bonds. The number of carbonyl (C=O) groups excluding carboxylic acids is 1. The molecule has 0 fully saturated rings. The lowest BCUT2D eigenvalue weighted by molar-refractivity contribution is 0.0952. The van der Waals surface area contributed by atoms with E-state index < -0.39 is 0 Å². The monoisotopic (exact) mass is 347 g/mol. The maximum Gasteiger partial charge on any atom is 0.254 e. The van der Waals surface area contributed by atoms with E-state index in [1.807, 2.05) is 31.4 Å². The fraction of sp³-hybridized carbons (Fsp3) is 0.353. The molecular weight excluding hydrogens is 326 g/mol. The second-order valence-electron chi connectivity index (χ2n) is 5.05. The van der Waals surface area contributed by atoms with E-state index in [1.54, 1.807) is 20.4 Å². The number of nitrogens with zero attached hydrogens (tertiary/aromatic N) is 2. The molecule has 0 aliphatic heterocycles. The molecule has 1 aromatic heterocycles. The van der Waals surface area contributed by atoms with E-state index in [1.165, 1.54) is 11.8 Å². The predicted molar refractivity (Wildman–Crippen MR) is 94.1 cm³/mol. The standard InChI is InChI=1S/C17H21N3O3S/c1-11-13(10-19-17(20-11)24-4)16(21)18-8-7-12-5-6-14(22-2)15(9-12)23-3/h5-6,9-10H,7-8H2,1-4H3,(H,18,21). The number of carbonyl (C=O) groups is 1. The van der Waals surface area contributed by atoms with Gasteiger partial charge in [0.25, 0.3) is 5.91 Å². The molecular formula is C17H21N3O3S. The number of ether oxygens (including phenoxy) is 2. The Bertz CT molecular complexity index is 722. The summed E-state index contributed by atoms with van der Waals surface area (Å²) in [6.07, 6.45) is 4.16. The van der Waals surface area contributed by atoms with Crippen molar-refractivity contribution >= 4 is 17.7 Å². The summed E-state index contributed by atoms with van der Waals surface area (Å²) in [5, 5.41) is 3.56. The summed E-state index contributed by atoms with van der Waals surface area (Å²) in [5.74, 6) is 1.20. The van der Waals surface area contributed by atoms with Crippen LogP contribution in [0.3, 0.4) is 0 Å². The zero-order chi connectivity index (χ0) is 17.5. The van der Waals surface area contributed by atoms with Crippen LogP contribution in [0.15, 0.2) is 29.6 Å². The third-order valence-electron chi connectivity index (χ3n) is 3.53. The summed E-state index contributed by atoms with van der Waals surface area (Å²) in [6.45, 7) is 2.32. The molecule has 0 radical (unpaired) electrons. The third-order valence-corrected chi connectivity index (χ3v) is 4.09. The van der Waals surface area contributed by atoms with Crippen LogP contribution in [0.5, 0.6) is 11.5 Å². The molecule has 0 aliphatic rings. The summed E-state index contributed by atoms with van der Waals surface area (Å²) in [4.78, 5) is 20.7. The Morgan fingerprint density at radius 2 is 2.00 bits per heavy atom. The van der Waals surface area contributed by atoms with E-state index in [9.17, 15) is 4.79 Å². The third kappa shape index (κ3) is 4.38. The number of nitrogens with one attached hydrogen (secondary N) is 1. The second-order valence-corrected chi connectivity index (χ2v) is 5.82. The fourth-order valence-electron chi connectivity index (χ4n) is 2.22. The normalized spacial score (nSPS) is 10.3. The van der Waals surface area contributed by atoms with Crippen molar-refractivity contribution in [1.82, 2.24) is 15.3 Å². The van der Waals surface area contributed by atoms with Crippen molar-refractivity contribution in [2.24, 2.45) is 0 Å². The minimum Gasteiger partial charge on any atom is -0.493 e. The predicted octanol–water partition coefficient (Wildman–Crippen LogP) is 2.50. The molecule has 0 spiro atoms. The number of aromatic nitrogens is 2. The molecule has 0 atom stereocenters. The van der Waals surface area contributed by atoms with Gasteiger partial charge in [0.2, 0.25) is 0 Å². The first-order valence-electron chi connectivity index (χ1n) is 7.45. The molecule has 0 aliphatic carbocycles. The molecule has 7 heteroatoms. The molecule has 0 unspecified atom stereocenters. The van der Waals surface area contributed by atoms with Gasteiger partial charge < -0.3 is 14.8 Å². The molecule has 0 saturated heterocycles. The first-order chi connectivity index (χ1) is 11.6. The van der Waals surface area contributed by atoms with Crippen LogP contribution in [-0.4, -0.2) is 42.9 Å². The van der Waals surface area contributed by atoms with E-state index >= 15 is 0 Å². The molecule has 1 heterocycles. The van der Waals surface area contributed by atoms with Gasteiger partial charge in [-0.2, -0.15) is 0 Å². The molecule has 0 saturated carbocycles. The zero-order valence-electron chi connectivity index (χ0n) is 14.3. The smallest absolute Gasteiger partial charge is 0.254 e. The molecule has 0 bridgehead atoms. The van der Waals surface area contributed by atoms with Gasteiger partial charge in [0.1, 0.15) is 0 Å². The Morgan fingerprint density at radius 3 is 2.62 bits per heavy atom. The first-order valence-corrected chi connectivity index (χ1v) is 8.68. The molecule has 1 aromatic carbocycles. The highest BCUT2D eigenvalue weighted by Crippen LogP contribution is 2.27. The summed E-state index contributed by atoms with van der Waals surface area (Å²) in [5.41, 5.74) is 2.23. The van der Waals surface area contributed by atoms with Crippen molar-refractivity contribution in [3.8, 4) is 11.5 Å². The zero-order valence-corrected chi connectivity index (χ0v) is 15.1. The Kier molecular flexibility index (Phi) is 6.43. The van der Waals surface area contributed by atoms with Gasteiger partial charge in [-0.05, 0) is 37.3 Å². The van der Waals surface area contributed by atoms with Crippen molar-refractivity contribution in [2.45, 2.75) is 18.5 Å². The summed E-state index contributed by atoms with van der Waals surface area (Å²) in [6, 6.07) is 5.72. The van der Waals surface area contributed by atoms with Gasteiger partial charge in [-0.1, -0.05) is 17.8 Å². The van der Waals surface area contributed by atoms with Crippen molar-refractivity contribution < 1.29 is 14.3 Å². The SMILES string of the molecule is COc1ccc(CCNC(=O)c2cnc(SC)nc2C)cc1OC. The summed E-state index contributed by atoms with van der Waals surface area (Å²) in [7, 11) is 3.20. The van der Waals surface area contributed by atoms with Gasteiger partial charge in [-0.3, -0.25) is 4.79 Å². The maximum atomic E-state index is 12.2. The fourth-order valence-corrected chi connectivity index (χ4v) is 2.61. The van der Waals surface area contributed by atoms with Crippen LogP contribution in [0.1, 0.15) is 21.6 Å². The highest BCUT2D eigenvalue weighted by molar-refractivity contribution is 7.98. The van der Waals surface area contributed by atoms with E-state index in [2.05, 4.69) is 15.3 Å². The maximum absolute atomic E-state index is 12.2. The van der Waals surface area contributed by atoms with Gasteiger partial charge in [-0.25, -0.2) is 9.97 Å². The van der Waals surface area contributed by atoms with Gasteiger partial charge >= 0.3 is 0 Å². The highest BCUT2D eigenvalue weighted by Gasteiger charge is 2.11. The van der Waals surface area contributed by atoms with Gasteiger partial charge in [-0.15, -0.1) is 0 Å². The first kappa shape index (κ1) is 18.1. The number of methoxy groups -OCH3 is 2. The Hall–Kier alpha value is -2.28. The van der Waals surface area contributed by atoms with Crippen LogP contribution in [0.4, 0.5) is 0 Å². The molecule has 2 aromatic rings. The lowest BCUT2D eigenvalue weighted by Gasteiger charge is -2.10. The number of thioether (sulfide) groups is 1. The van der Waals surface area contributed by atoms with Crippen molar-refractivity contribution in [3.63, 3.8) is 0 Å². The Balaban J connectivity index is 1.95. The second kappa shape index (κ2) is 8.54. The van der Waals surface area contributed by atoms with Crippen LogP contribution >= 0.6 is 11.8 Å². The van der Waals surface area contributed by atoms with E-state index in [-0.39, 0.29) is 5.91 Å². The minimum absolute atomic E-state index is 0.166. The van der Waals surface area contributed by atoms with E-state index in [0.717, 1.165) is 5.56 Å². The van der Waals surface area contributed by atoms with Gasteiger partial charge in [0, 0.05) is 12.7 Å². The largest absolute Gasteiger partial charge is 0.493 e. The van der Waals surface area contributed by atoms with Crippen LogP contribution in [0.2, 0.25) is 0 Å². The van der Waals surface area contributed by atoms with Crippen LogP contribution in [0, 0.1) is 6.92 Å². The van der Waals surface area contributed by atoms with Crippen LogP contribution in [0.25, 0.3) is 0 Å².